The van der Waals surface area contributed by atoms with Gasteiger partial charge in [-0.2, -0.15) is 11.8 Å². The van der Waals surface area contributed by atoms with Crippen molar-refractivity contribution >= 4 is 35.4 Å². The van der Waals surface area contributed by atoms with Crippen LogP contribution in [-0.2, 0) is 9.59 Å². The van der Waals surface area contributed by atoms with Crippen LogP contribution < -0.4 is 11.1 Å². The predicted molar refractivity (Wildman–Crippen MR) is 68.8 cm³/mol. The highest BCUT2D eigenvalue weighted by molar-refractivity contribution is 7.99. The summed E-state index contributed by atoms with van der Waals surface area (Å²) in [4.78, 5) is 40.2. The first kappa shape index (κ1) is 14.9. The Morgan fingerprint density at radius 2 is 2.00 bits per heavy atom. The summed E-state index contributed by atoms with van der Waals surface area (Å²) in [6, 6.07) is 0. The van der Waals surface area contributed by atoms with Gasteiger partial charge < -0.3 is 16.2 Å². The molecule has 0 aliphatic carbocycles. The van der Waals surface area contributed by atoms with Crippen LogP contribution in [0.1, 0.15) is 16.9 Å². The first-order chi connectivity index (χ1) is 9.00. The molecule has 1 aromatic heterocycles. The topological polar surface area (TPSA) is 135 Å². The summed E-state index contributed by atoms with van der Waals surface area (Å²) in [7, 11) is 0. The Labute approximate surface area is 112 Å². The minimum Gasteiger partial charge on any atom is -0.476 e. The number of primary amides is 1. The Balaban J connectivity index is 2.48. The van der Waals surface area contributed by atoms with Crippen LogP contribution in [0.2, 0.25) is 0 Å². The van der Waals surface area contributed by atoms with Crippen LogP contribution in [0.3, 0.4) is 0 Å². The van der Waals surface area contributed by atoms with Gasteiger partial charge in [0.05, 0.1) is 5.75 Å². The zero-order chi connectivity index (χ0) is 14.3. The number of thioether (sulfide) groups is 1. The number of carbonyl (C=O) groups is 3. The molecule has 0 aliphatic rings. The Kier molecular flexibility index (Phi) is 5.73. The number of nitrogens with two attached hydrogens (primary N) is 1. The molecule has 102 valence electrons. The quantitative estimate of drug-likeness (QED) is 0.586. The molecule has 0 aliphatic heterocycles. The number of aromatic nitrogens is 2. The van der Waals surface area contributed by atoms with Crippen molar-refractivity contribution in [1.29, 1.82) is 0 Å². The lowest BCUT2D eigenvalue weighted by molar-refractivity contribution is -0.116. The van der Waals surface area contributed by atoms with E-state index in [0.717, 1.165) is 0 Å². The first-order valence-corrected chi connectivity index (χ1v) is 6.36. The molecule has 0 spiro atoms. The Hall–Kier alpha value is -2.16. The van der Waals surface area contributed by atoms with Gasteiger partial charge in [-0.15, -0.1) is 0 Å². The van der Waals surface area contributed by atoms with Crippen molar-refractivity contribution in [2.75, 3.05) is 16.8 Å². The maximum Gasteiger partial charge on any atom is 0.358 e. The average Bonchev–Trinajstić information content (AvgIpc) is 2.35. The van der Waals surface area contributed by atoms with E-state index < -0.39 is 17.8 Å². The van der Waals surface area contributed by atoms with Gasteiger partial charge in [0.25, 0.3) is 0 Å². The third kappa shape index (κ3) is 5.34. The largest absolute Gasteiger partial charge is 0.476 e. The van der Waals surface area contributed by atoms with Gasteiger partial charge in [-0.3, -0.25) is 9.59 Å². The number of nitrogens with one attached hydrogen (secondary N) is 1. The molecule has 1 heterocycles. The number of amides is 2. The highest BCUT2D eigenvalue weighted by atomic mass is 32.2. The van der Waals surface area contributed by atoms with Gasteiger partial charge in [-0.25, -0.2) is 14.8 Å². The molecule has 8 nitrogen and oxygen atoms in total. The third-order valence-corrected chi connectivity index (χ3v) is 2.86. The second kappa shape index (κ2) is 7.31. The molecular formula is C10H12N4O4S. The molecular weight excluding hydrogens is 272 g/mol. The molecule has 19 heavy (non-hydrogen) atoms. The van der Waals surface area contributed by atoms with Crippen LogP contribution in [0.5, 0.6) is 0 Å². The van der Waals surface area contributed by atoms with Gasteiger partial charge in [0, 0.05) is 24.6 Å². The second-order valence-electron chi connectivity index (χ2n) is 3.38. The molecule has 2 amide bonds. The lowest BCUT2D eigenvalue weighted by atomic mass is 10.4. The molecule has 9 heteroatoms. The summed E-state index contributed by atoms with van der Waals surface area (Å²) in [6.07, 6.45) is 2.62. The number of rotatable bonds is 7. The zero-order valence-electron chi connectivity index (χ0n) is 9.83. The smallest absolute Gasteiger partial charge is 0.358 e. The van der Waals surface area contributed by atoms with Gasteiger partial charge >= 0.3 is 5.97 Å². The summed E-state index contributed by atoms with van der Waals surface area (Å²) in [6.45, 7) is 0. The summed E-state index contributed by atoms with van der Waals surface area (Å²) < 4.78 is 0. The Bertz CT molecular complexity index is 494. The fraction of sp³-hybridized carbons (Fsp3) is 0.300. The minimum absolute atomic E-state index is 0.0973. The van der Waals surface area contributed by atoms with Gasteiger partial charge in [0.15, 0.2) is 11.5 Å². The van der Waals surface area contributed by atoms with Crippen molar-refractivity contribution in [3.8, 4) is 0 Å². The normalized spacial score (nSPS) is 9.89. The zero-order valence-corrected chi connectivity index (χ0v) is 10.6. The van der Waals surface area contributed by atoms with Crippen LogP contribution in [-0.4, -0.2) is 44.4 Å². The van der Waals surface area contributed by atoms with Crippen molar-refractivity contribution in [2.45, 2.75) is 6.42 Å². The highest BCUT2D eigenvalue weighted by Crippen LogP contribution is 2.09. The maximum atomic E-state index is 11.5. The molecule has 1 rings (SSSR count). The van der Waals surface area contributed by atoms with Crippen molar-refractivity contribution < 1.29 is 19.5 Å². The summed E-state index contributed by atoms with van der Waals surface area (Å²) in [5.41, 5.74) is 4.62. The number of anilines is 1. The van der Waals surface area contributed by atoms with Crippen molar-refractivity contribution in [2.24, 2.45) is 5.73 Å². The number of aromatic carboxylic acids is 1. The molecule has 0 unspecified atom stereocenters. The number of nitrogens with zero attached hydrogens (tertiary/aromatic N) is 2. The van der Waals surface area contributed by atoms with Gasteiger partial charge in [0.1, 0.15) is 0 Å². The van der Waals surface area contributed by atoms with E-state index in [-0.39, 0.29) is 23.7 Å². The van der Waals surface area contributed by atoms with E-state index >= 15 is 0 Å². The van der Waals surface area contributed by atoms with E-state index in [1.54, 1.807) is 0 Å². The van der Waals surface area contributed by atoms with E-state index in [4.69, 9.17) is 10.8 Å². The van der Waals surface area contributed by atoms with Gasteiger partial charge in [-0.05, 0) is 0 Å². The Morgan fingerprint density at radius 1 is 1.32 bits per heavy atom. The summed E-state index contributed by atoms with van der Waals surface area (Å²) in [5, 5.41) is 11.2. The summed E-state index contributed by atoms with van der Waals surface area (Å²) in [5.74, 6) is -1.69. The monoisotopic (exact) mass is 284 g/mol. The van der Waals surface area contributed by atoms with Crippen LogP contribution in [0.25, 0.3) is 0 Å². The molecule has 0 aromatic carbocycles. The first-order valence-electron chi connectivity index (χ1n) is 5.21. The van der Waals surface area contributed by atoms with E-state index in [0.29, 0.717) is 5.75 Å². The van der Waals surface area contributed by atoms with Crippen molar-refractivity contribution in [3.05, 3.63) is 18.1 Å². The molecule has 0 radical (unpaired) electrons. The molecule has 0 atom stereocenters. The number of carbonyl (C=O) groups excluding carboxylic acids is 2. The number of carboxylic acids is 1. The molecule has 1 aromatic rings. The molecule has 0 fully saturated rings. The van der Waals surface area contributed by atoms with E-state index in [2.05, 4.69) is 15.3 Å². The highest BCUT2D eigenvalue weighted by Gasteiger charge is 2.14. The van der Waals surface area contributed by atoms with Crippen molar-refractivity contribution in [3.63, 3.8) is 0 Å². The van der Waals surface area contributed by atoms with Crippen LogP contribution >= 0.6 is 11.8 Å². The van der Waals surface area contributed by atoms with E-state index in [1.807, 2.05) is 0 Å². The van der Waals surface area contributed by atoms with E-state index in [9.17, 15) is 14.4 Å². The van der Waals surface area contributed by atoms with E-state index in [1.165, 1.54) is 24.2 Å². The standard InChI is InChI=1S/C10H12N4O4S/c11-6(15)5-19-4-1-7(16)14-9-8(10(17)18)12-2-3-13-9/h2-3H,1,4-5H2,(H2,11,15)(H,17,18)(H,13,14,16). The SMILES string of the molecule is NC(=O)CSCCC(=O)Nc1nccnc1C(=O)O. The lowest BCUT2D eigenvalue weighted by Crippen LogP contribution is -2.18. The Morgan fingerprint density at radius 3 is 2.63 bits per heavy atom. The van der Waals surface area contributed by atoms with Crippen LogP contribution in [0, 0.1) is 0 Å². The second-order valence-corrected chi connectivity index (χ2v) is 4.48. The fourth-order valence-electron chi connectivity index (χ4n) is 1.12. The minimum atomic E-state index is -1.27. The van der Waals surface area contributed by atoms with Gasteiger partial charge in [-0.1, -0.05) is 0 Å². The molecule has 0 saturated heterocycles. The molecule has 0 bridgehead atoms. The predicted octanol–water partition coefficient (Wildman–Crippen LogP) is -0.278. The molecule has 0 saturated carbocycles. The summed E-state index contributed by atoms with van der Waals surface area (Å²) >= 11 is 1.22. The number of hydrogen-bond acceptors (Lipinski definition) is 6. The van der Waals surface area contributed by atoms with Crippen molar-refractivity contribution in [1.82, 2.24) is 9.97 Å². The molecule has 4 N–H and O–H groups in total. The van der Waals surface area contributed by atoms with Crippen LogP contribution in [0.4, 0.5) is 5.82 Å². The van der Waals surface area contributed by atoms with Crippen LogP contribution in [0.15, 0.2) is 12.4 Å². The maximum absolute atomic E-state index is 11.5. The average molecular weight is 284 g/mol. The van der Waals surface area contributed by atoms with Gasteiger partial charge in [0.2, 0.25) is 11.8 Å². The fourth-order valence-corrected chi connectivity index (χ4v) is 1.79. The number of carboxylic acid groups (broad SMARTS) is 1. The third-order valence-electron chi connectivity index (χ3n) is 1.88. The number of hydrogen-bond donors (Lipinski definition) is 3. The lowest BCUT2D eigenvalue weighted by Gasteiger charge is -2.05.